The summed E-state index contributed by atoms with van der Waals surface area (Å²) < 4.78 is 66.6. The molecule has 0 fully saturated rings. The van der Waals surface area contributed by atoms with Crippen molar-refractivity contribution in [2.45, 2.75) is 201 Å². The minimum absolute atomic E-state index is 0.0253. The third-order valence-electron chi connectivity index (χ3n) is 23.4. The number of carbonyl (C=O) groups is 7. The molecular weight excluding hydrogens is 1910 g/mol. The van der Waals surface area contributed by atoms with Crippen LogP contribution in [0.2, 0.25) is 0 Å². The molecule has 0 saturated carbocycles. The van der Waals surface area contributed by atoms with Crippen molar-refractivity contribution in [1.29, 1.82) is 0 Å². The van der Waals surface area contributed by atoms with Gasteiger partial charge in [-0.25, -0.2) is 33.6 Å². The summed E-state index contributed by atoms with van der Waals surface area (Å²) in [4.78, 5) is 168. The molecule has 0 amide bonds. The summed E-state index contributed by atoms with van der Waals surface area (Å²) in [5.74, 6) is -12.3. The fourth-order valence-corrected chi connectivity index (χ4v) is 16.0. The maximum atomic E-state index is 12.7. The van der Waals surface area contributed by atoms with E-state index in [0.29, 0.717) is 99.6 Å². The van der Waals surface area contributed by atoms with E-state index in [1.165, 1.54) is 7.11 Å². The van der Waals surface area contributed by atoms with E-state index in [1.54, 1.807) is 256 Å². The van der Waals surface area contributed by atoms with E-state index in [1.807, 2.05) is 26.8 Å². The molecule has 776 valence electrons. The van der Waals surface area contributed by atoms with Crippen LogP contribution in [-0.2, 0) is 62.0 Å². The Morgan fingerprint density at radius 3 is 0.735 bits per heavy atom. The lowest BCUT2D eigenvalue weighted by Gasteiger charge is -2.17. The van der Waals surface area contributed by atoms with E-state index in [-0.39, 0.29) is 139 Å². The first-order chi connectivity index (χ1) is 70.5. The third kappa shape index (κ3) is 27.6. The van der Waals surface area contributed by atoms with Crippen molar-refractivity contribution in [3.05, 3.63) is 318 Å². The van der Waals surface area contributed by atoms with Gasteiger partial charge in [-0.05, 0) is 169 Å². The largest absolute Gasteiger partial charge is 0.507 e. The van der Waals surface area contributed by atoms with Crippen LogP contribution in [-0.4, -0.2) is 122 Å². The van der Waals surface area contributed by atoms with Gasteiger partial charge in [0, 0.05) is 0 Å². The van der Waals surface area contributed by atoms with Crippen LogP contribution in [0, 0.1) is 0 Å². The summed E-state index contributed by atoms with van der Waals surface area (Å²) in [7, 11) is 1.24. The van der Waals surface area contributed by atoms with Gasteiger partial charge in [0.25, 0.3) is 0 Å². The number of esters is 6. The van der Waals surface area contributed by atoms with Crippen LogP contribution in [0.1, 0.15) is 240 Å². The molecule has 0 aliphatic rings. The number of benzene rings is 8. The van der Waals surface area contributed by atoms with Crippen LogP contribution in [0.15, 0.2) is 265 Å². The molecule has 0 aliphatic carbocycles. The topological polar surface area (TPSA) is 548 Å². The van der Waals surface area contributed by atoms with E-state index in [2.05, 4.69) is 4.74 Å². The van der Waals surface area contributed by atoms with Gasteiger partial charge >= 0.3 is 81.2 Å². The molecule has 7 aromatic heterocycles. The molecule has 7 atom stereocenters. The SMILES string of the molecule is CCC(C(=O)O)c1c(O)c2ccccc2oc1=O.CCC(C(=O)OC(C)C)c1c(O)c2ccccc2oc1=O.CCC(C(=O)OC)c1c(O)c2ccccc2oc1=O.CCCCOC(=O)C(CC)c1c(O)c2ccccc2oc1=O.CCCCOC(=O)C(c1ccccc1)c1c(O)c2ccccc2oc1=O.CCCOC(=O)C(CC)c1c(O)c2ccccc2oc1=O.CCOC(=O)C(CC)c1c(O)c2ccccc2oc1=O. The lowest BCUT2D eigenvalue weighted by molar-refractivity contribution is -0.150. The number of ether oxygens (including phenoxy) is 6. The van der Waals surface area contributed by atoms with Gasteiger partial charge < -0.3 is 100 Å². The van der Waals surface area contributed by atoms with Gasteiger partial charge in [-0.15, -0.1) is 0 Å². The number of carbonyl (C=O) groups excluding carboxylic acids is 6. The molecule has 35 heteroatoms. The highest BCUT2D eigenvalue weighted by molar-refractivity contribution is 5.94. The van der Waals surface area contributed by atoms with Crippen molar-refractivity contribution in [3.8, 4) is 40.2 Å². The number of methoxy groups -OCH3 is 1. The number of hydrogen-bond acceptors (Lipinski definition) is 34. The number of carboxylic acids is 1. The molecule has 0 radical (unpaired) electrons. The summed E-state index contributed by atoms with van der Waals surface area (Å²) in [6.45, 7) is 22.5. The maximum Gasteiger partial charge on any atom is 0.344 e. The first-order valence-corrected chi connectivity index (χ1v) is 48.0. The van der Waals surface area contributed by atoms with Crippen LogP contribution < -0.4 is 39.4 Å². The van der Waals surface area contributed by atoms with Gasteiger partial charge in [0.2, 0.25) is 0 Å². The van der Waals surface area contributed by atoms with Crippen molar-refractivity contribution in [3.63, 3.8) is 0 Å². The molecule has 147 heavy (non-hydrogen) atoms. The third-order valence-corrected chi connectivity index (χ3v) is 23.4. The van der Waals surface area contributed by atoms with E-state index >= 15 is 0 Å². The molecule has 0 saturated heterocycles. The highest BCUT2D eigenvalue weighted by atomic mass is 16.6. The predicted octanol–water partition coefficient (Wildman–Crippen LogP) is 20.0. The number of aliphatic carboxylic acids is 1. The summed E-state index contributed by atoms with van der Waals surface area (Å²) >= 11 is 0. The monoisotopic (exact) mass is 2020 g/mol. The molecule has 0 spiro atoms. The van der Waals surface area contributed by atoms with Crippen LogP contribution in [0.3, 0.4) is 0 Å². The van der Waals surface area contributed by atoms with Gasteiger partial charge in [0.15, 0.2) is 0 Å². The highest BCUT2D eigenvalue weighted by Gasteiger charge is 2.37. The minimum Gasteiger partial charge on any atom is -0.507 e. The number of aromatic hydroxyl groups is 7. The van der Waals surface area contributed by atoms with Crippen molar-refractivity contribution in [2.24, 2.45) is 0 Å². The zero-order chi connectivity index (χ0) is 108. The van der Waals surface area contributed by atoms with Crippen LogP contribution in [0.4, 0.5) is 0 Å². The summed E-state index contributed by atoms with van der Waals surface area (Å²) in [6.07, 6.45) is 5.60. The maximum absolute atomic E-state index is 12.7. The second kappa shape index (κ2) is 54.5. The van der Waals surface area contributed by atoms with E-state index in [4.69, 9.17) is 59.7 Å². The molecule has 15 aromatic rings. The molecule has 35 nitrogen and oxygen atoms in total. The Morgan fingerprint density at radius 2 is 0.490 bits per heavy atom. The van der Waals surface area contributed by atoms with Crippen LogP contribution in [0.25, 0.3) is 76.8 Å². The molecule has 8 N–H and O–H groups in total. The Balaban J connectivity index is 0.000000191. The summed E-state index contributed by atoms with van der Waals surface area (Å²) in [5, 5.41) is 84.1. The highest BCUT2D eigenvalue weighted by Crippen LogP contribution is 2.41. The standard InChI is InChI=1S/C21H20O5.C17H20O5.2C16H18O5.C15H16O5.C14H14O5.C13H12O5/c1-2-3-13-25-20(23)17(14-9-5-4-6-10-14)18-19(22)15-11-7-8-12-16(15)26-21(18)24;1-3-5-10-21-16(19)11(4-2)14-15(18)12-8-6-7-9-13(12)22-17(14)20;1-4-10(15(18)20-9(2)3)13-14(17)11-7-5-6-8-12(11)21-16(13)19;1-3-9-20-15(18)10(4-2)13-14(17)11-7-5-6-8-12(11)21-16(13)19;1-3-9(14(17)19-4-2)12-13(16)10-7-5-6-8-11(10)20-15(12)18;1-3-8(13(16)18-2)11-12(15)9-6-4-5-7-10(9)19-14(11)17;1-2-7(12(15)16)10-11(14)8-5-3-4-6-9(8)18-13(10)17/h4-12,17,22H,2-3,13H2,1H3;6-9,11,18H,3-5,10H2,1-2H3;5-10,17H,4H2,1-3H3;5-8,10,17H,3-4,9H2,1-2H3;5-9,16H,3-4H2,1-2H3;4-8,15H,3H2,1-2H3;3-7,14H,2H2,1H3,(H,15,16). The second-order valence-electron chi connectivity index (χ2n) is 33.5. The van der Waals surface area contributed by atoms with Crippen molar-refractivity contribution < 1.29 is 134 Å². The average molecular weight is 2020 g/mol. The first-order valence-electron chi connectivity index (χ1n) is 48.0. The Bertz CT molecular complexity index is 7600. The van der Waals surface area contributed by atoms with Crippen molar-refractivity contribution in [2.75, 3.05) is 33.5 Å². The Kier molecular flexibility index (Phi) is 42.2. The Labute approximate surface area is 840 Å². The Hall–Kier alpha value is -16.9. The van der Waals surface area contributed by atoms with Gasteiger partial charge in [0.1, 0.15) is 85.2 Å². The normalized spacial score (nSPS) is 12.3. The number of rotatable bonds is 31. The van der Waals surface area contributed by atoms with E-state index in [0.717, 1.165) is 25.7 Å². The summed E-state index contributed by atoms with van der Waals surface area (Å²) in [6, 6.07) is 55.2. The first kappa shape index (κ1) is 114. The molecule has 7 heterocycles. The predicted molar refractivity (Wildman–Crippen MR) is 546 cm³/mol. The van der Waals surface area contributed by atoms with E-state index < -0.39 is 123 Å². The molecule has 7 unspecified atom stereocenters. The molecule has 0 aliphatic heterocycles. The van der Waals surface area contributed by atoms with Crippen LogP contribution in [0.5, 0.6) is 40.2 Å². The number of hydrogen-bond donors (Lipinski definition) is 8. The molecule has 0 bridgehead atoms. The van der Waals surface area contributed by atoms with Gasteiger partial charge in [-0.2, -0.15) is 0 Å². The van der Waals surface area contributed by atoms with Gasteiger partial charge in [0.05, 0.1) is 152 Å². The number of fused-ring (bicyclic) bond motifs is 7. The fraction of sp³-hybridized carbons (Fsp3) is 0.321. The van der Waals surface area contributed by atoms with E-state index in [9.17, 15) is 103 Å². The summed E-state index contributed by atoms with van der Waals surface area (Å²) in [5.41, 5.74) is -3.04. The molecule has 8 aromatic carbocycles. The lowest BCUT2D eigenvalue weighted by atomic mass is 9.91. The van der Waals surface area contributed by atoms with Crippen LogP contribution >= 0.6 is 0 Å². The van der Waals surface area contributed by atoms with Gasteiger partial charge in [-0.1, -0.05) is 190 Å². The molecular formula is C112H118O35. The molecule has 15 rings (SSSR count). The lowest BCUT2D eigenvalue weighted by Crippen LogP contribution is -2.24. The minimum atomic E-state index is -1.16. The quantitative estimate of drug-likeness (QED) is 0.00865. The Morgan fingerprint density at radius 1 is 0.265 bits per heavy atom. The fourth-order valence-electron chi connectivity index (χ4n) is 16.0. The van der Waals surface area contributed by atoms with Crippen molar-refractivity contribution >= 4 is 119 Å². The number of carboxylic acid groups (broad SMARTS) is 1. The number of unbranched alkanes of at least 4 members (excludes halogenated alkanes) is 2. The zero-order valence-electron chi connectivity index (χ0n) is 83.4. The number of para-hydroxylation sites is 7. The van der Waals surface area contributed by atoms with Gasteiger partial charge in [-0.3, -0.25) is 33.6 Å². The average Bonchev–Trinajstić information content (AvgIpc) is 0.746. The second-order valence-corrected chi connectivity index (χ2v) is 33.5. The smallest absolute Gasteiger partial charge is 0.344 e. The zero-order valence-corrected chi connectivity index (χ0v) is 83.4. The van der Waals surface area contributed by atoms with Crippen molar-refractivity contribution in [1.82, 2.24) is 0 Å².